The zero-order valence-electron chi connectivity index (χ0n) is 22.1. The fourth-order valence-electron chi connectivity index (χ4n) is 4.81. The smallest absolute Gasteiger partial charge is 0.213 e. The molecule has 4 aromatic rings. The second-order valence-corrected chi connectivity index (χ2v) is 9.24. The van der Waals surface area contributed by atoms with Crippen LogP contribution in [0.15, 0.2) is 61.3 Å². The number of fused-ring (bicyclic) bond motifs is 1. The first kappa shape index (κ1) is 25.9. The number of hydrogen-bond acceptors (Lipinski definition) is 9. The van der Waals surface area contributed by atoms with Gasteiger partial charge in [0.15, 0.2) is 0 Å². The third-order valence-electron chi connectivity index (χ3n) is 6.77. The molecule has 5 heterocycles. The van der Waals surface area contributed by atoms with E-state index < -0.39 is 0 Å². The lowest BCUT2D eigenvalue weighted by molar-refractivity contribution is 0.248. The molecule has 198 valence electrons. The molecule has 10 nitrogen and oxygen atoms in total. The standard InChI is InChI=1S/C29H31N9O/c1-3-39-28-7-4-21(15-34-28)19-36-8-10-37(11-9-36)27-6-5-22(17-33-27)26-12-23(24(13-30)16-32-2)20-38-29(26)25(14-31)18-35-38/h4-7,12-13,15-18,20,30,32H,3,8-11,19H2,1-2H3/b24-16+,30-13?. The molecule has 0 bridgehead atoms. The summed E-state index contributed by atoms with van der Waals surface area (Å²) in [5.41, 5.74) is 5.65. The van der Waals surface area contributed by atoms with Gasteiger partial charge in [0.2, 0.25) is 5.88 Å². The van der Waals surface area contributed by atoms with Gasteiger partial charge in [-0.15, -0.1) is 0 Å². The third-order valence-corrected chi connectivity index (χ3v) is 6.77. The van der Waals surface area contributed by atoms with Gasteiger partial charge in [-0.25, -0.2) is 14.5 Å². The number of rotatable bonds is 9. The number of ether oxygens (including phenoxy) is 1. The molecular formula is C29H31N9O. The Morgan fingerprint density at radius 1 is 1.13 bits per heavy atom. The lowest BCUT2D eigenvalue weighted by atomic mass is 10.0. The maximum atomic E-state index is 9.67. The van der Waals surface area contributed by atoms with Gasteiger partial charge in [0.05, 0.1) is 23.9 Å². The predicted molar refractivity (Wildman–Crippen MR) is 152 cm³/mol. The molecule has 0 atom stereocenters. The maximum absolute atomic E-state index is 9.67. The molecule has 0 aromatic carbocycles. The van der Waals surface area contributed by atoms with Gasteiger partial charge in [-0.1, -0.05) is 6.07 Å². The molecule has 1 aliphatic heterocycles. The summed E-state index contributed by atoms with van der Waals surface area (Å²) in [4.78, 5) is 13.9. The van der Waals surface area contributed by atoms with Gasteiger partial charge in [-0.3, -0.25) is 4.90 Å². The van der Waals surface area contributed by atoms with E-state index in [9.17, 15) is 5.26 Å². The third kappa shape index (κ3) is 5.58. The van der Waals surface area contributed by atoms with Crippen LogP contribution in [0, 0.1) is 16.7 Å². The summed E-state index contributed by atoms with van der Waals surface area (Å²) in [5.74, 6) is 1.59. The van der Waals surface area contributed by atoms with Gasteiger partial charge in [0.25, 0.3) is 0 Å². The summed E-state index contributed by atoms with van der Waals surface area (Å²) in [5, 5.41) is 24.9. The molecule has 4 aromatic heterocycles. The van der Waals surface area contributed by atoms with E-state index in [1.54, 1.807) is 24.0 Å². The van der Waals surface area contributed by atoms with E-state index >= 15 is 0 Å². The lowest BCUT2D eigenvalue weighted by Gasteiger charge is -2.35. The summed E-state index contributed by atoms with van der Waals surface area (Å²) >= 11 is 0. The summed E-state index contributed by atoms with van der Waals surface area (Å²) < 4.78 is 7.14. The Morgan fingerprint density at radius 2 is 1.97 bits per heavy atom. The first-order chi connectivity index (χ1) is 19.1. The number of allylic oxidation sites excluding steroid dienone is 1. The number of pyridine rings is 3. The van der Waals surface area contributed by atoms with Crippen molar-refractivity contribution in [3.63, 3.8) is 0 Å². The van der Waals surface area contributed by atoms with Crippen LogP contribution in [0.1, 0.15) is 23.6 Å². The topological polar surface area (TPSA) is 118 Å². The van der Waals surface area contributed by atoms with Crippen molar-refractivity contribution >= 4 is 23.1 Å². The van der Waals surface area contributed by atoms with Gasteiger partial charge in [0, 0.05) is 99.1 Å². The highest BCUT2D eigenvalue weighted by Gasteiger charge is 2.19. The van der Waals surface area contributed by atoms with Crippen molar-refractivity contribution in [2.45, 2.75) is 13.5 Å². The van der Waals surface area contributed by atoms with Crippen LogP contribution in [0.25, 0.3) is 22.2 Å². The first-order valence-corrected chi connectivity index (χ1v) is 12.9. The zero-order chi connectivity index (χ0) is 27.2. The highest BCUT2D eigenvalue weighted by Crippen LogP contribution is 2.30. The Labute approximate surface area is 227 Å². The van der Waals surface area contributed by atoms with Crippen molar-refractivity contribution in [1.82, 2.24) is 29.8 Å². The second-order valence-electron chi connectivity index (χ2n) is 9.24. The van der Waals surface area contributed by atoms with Crippen LogP contribution in [-0.4, -0.2) is 70.5 Å². The minimum Gasteiger partial charge on any atom is -0.478 e. The number of anilines is 1. The number of piperazine rings is 1. The molecule has 5 rings (SSSR count). The Kier molecular flexibility index (Phi) is 7.80. The number of nitrogens with zero attached hydrogens (tertiary/aromatic N) is 7. The molecular weight excluding hydrogens is 490 g/mol. The van der Waals surface area contributed by atoms with Crippen LogP contribution >= 0.6 is 0 Å². The predicted octanol–water partition coefficient (Wildman–Crippen LogP) is 3.59. The molecule has 0 radical (unpaired) electrons. The second kappa shape index (κ2) is 11.8. The van der Waals surface area contributed by atoms with Crippen molar-refractivity contribution in [3.05, 3.63) is 78.0 Å². The van der Waals surface area contributed by atoms with E-state index in [1.165, 1.54) is 11.8 Å². The van der Waals surface area contributed by atoms with Crippen LogP contribution in [0.3, 0.4) is 0 Å². The normalized spacial score (nSPS) is 14.3. The Hall–Kier alpha value is -4.75. The van der Waals surface area contributed by atoms with E-state index in [1.807, 2.05) is 49.8 Å². The fraction of sp³-hybridized carbons (Fsp3) is 0.276. The Balaban J connectivity index is 1.32. The maximum Gasteiger partial charge on any atom is 0.213 e. The molecule has 10 heteroatoms. The van der Waals surface area contributed by atoms with Crippen LogP contribution in [0.2, 0.25) is 0 Å². The molecule has 0 amide bonds. The minimum atomic E-state index is 0.494. The summed E-state index contributed by atoms with van der Waals surface area (Å²) in [6.07, 6.45) is 10.2. The van der Waals surface area contributed by atoms with Crippen molar-refractivity contribution in [3.8, 4) is 23.1 Å². The van der Waals surface area contributed by atoms with Crippen molar-refractivity contribution in [1.29, 1.82) is 10.7 Å². The van der Waals surface area contributed by atoms with Crippen LogP contribution in [0.4, 0.5) is 5.82 Å². The number of nitriles is 1. The average Bonchev–Trinajstić information content (AvgIpc) is 3.40. The number of aromatic nitrogens is 4. The monoisotopic (exact) mass is 521 g/mol. The molecule has 2 N–H and O–H groups in total. The van der Waals surface area contributed by atoms with Crippen molar-refractivity contribution < 1.29 is 4.74 Å². The molecule has 1 fully saturated rings. The number of nitrogens with one attached hydrogen (secondary N) is 2. The summed E-state index contributed by atoms with van der Waals surface area (Å²) in [6, 6.07) is 12.3. The van der Waals surface area contributed by atoms with Gasteiger partial charge in [-0.05, 0) is 30.7 Å². The summed E-state index contributed by atoms with van der Waals surface area (Å²) in [6.45, 7) is 7.07. The van der Waals surface area contributed by atoms with Crippen LogP contribution in [0.5, 0.6) is 5.88 Å². The highest BCUT2D eigenvalue weighted by molar-refractivity contribution is 6.08. The molecule has 1 aliphatic rings. The highest BCUT2D eigenvalue weighted by atomic mass is 16.5. The van der Waals surface area contributed by atoms with Gasteiger partial charge >= 0.3 is 0 Å². The fourth-order valence-corrected chi connectivity index (χ4v) is 4.81. The Bertz CT molecular complexity index is 1510. The van der Waals surface area contributed by atoms with Crippen molar-refractivity contribution in [2.75, 3.05) is 44.7 Å². The van der Waals surface area contributed by atoms with Crippen LogP contribution in [-0.2, 0) is 6.54 Å². The summed E-state index contributed by atoms with van der Waals surface area (Å²) in [7, 11) is 1.80. The molecule has 0 saturated carbocycles. The quantitative estimate of drug-likeness (QED) is 0.321. The van der Waals surface area contributed by atoms with Crippen LogP contribution < -0.4 is 15.0 Å². The van der Waals surface area contributed by atoms with Gasteiger partial charge < -0.3 is 20.4 Å². The molecule has 0 spiro atoms. The van der Waals surface area contributed by atoms with E-state index in [0.29, 0.717) is 23.6 Å². The van der Waals surface area contributed by atoms with E-state index in [4.69, 9.17) is 15.1 Å². The van der Waals surface area contributed by atoms with Crippen molar-refractivity contribution in [2.24, 2.45) is 0 Å². The Morgan fingerprint density at radius 3 is 2.62 bits per heavy atom. The minimum absolute atomic E-state index is 0.494. The van der Waals surface area contributed by atoms with Gasteiger partial charge in [-0.2, -0.15) is 10.4 Å². The van der Waals surface area contributed by atoms with E-state index in [2.05, 4.69) is 37.3 Å². The number of hydrogen-bond donors (Lipinski definition) is 2. The average molecular weight is 522 g/mol. The molecule has 39 heavy (non-hydrogen) atoms. The van der Waals surface area contributed by atoms with Gasteiger partial charge in [0.1, 0.15) is 11.9 Å². The van der Waals surface area contributed by atoms with E-state index in [0.717, 1.165) is 60.7 Å². The molecule has 0 unspecified atom stereocenters. The zero-order valence-corrected chi connectivity index (χ0v) is 22.1. The van der Waals surface area contributed by atoms with E-state index in [-0.39, 0.29) is 0 Å². The first-order valence-electron chi connectivity index (χ1n) is 12.9. The largest absolute Gasteiger partial charge is 0.478 e. The lowest BCUT2D eigenvalue weighted by Crippen LogP contribution is -2.46. The molecule has 0 aliphatic carbocycles. The SMILES string of the molecule is CCOc1ccc(CN2CCN(c3ccc(-c4cc(/C(C=N)=C/NC)cn5ncc(C#N)c45)cn3)CC2)cn1. The molecule has 1 saturated heterocycles.